The normalized spacial score (nSPS) is 14.6. The van der Waals surface area contributed by atoms with Crippen LogP contribution in [-0.4, -0.2) is 24.6 Å². The van der Waals surface area contributed by atoms with Crippen LogP contribution in [-0.2, 0) is 4.79 Å². The predicted octanol–water partition coefficient (Wildman–Crippen LogP) is 4.35. The number of esters is 1. The third kappa shape index (κ3) is 4.78. The first kappa shape index (κ1) is 20.3. The van der Waals surface area contributed by atoms with Gasteiger partial charge in [0, 0.05) is 12.1 Å². The van der Waals surface area contributed by atoms with Gasteiger partial charge >= 0.3 is 5.97 Å². The Labute approximate surface area is 179 Å². The van der Waals surface area contributed by atoms with Gasteiger partial charge in [0.1, 0.15) is 18.5 Å². The van der Waals surface area contributed by atoms with Crippen molar-refractivity contribution in [3.8, 4) is 23.0 Å². The van der Waals surface area contributed by atoms with Gasteiger partial charge in [-0.3, -0.25) is 9.59 Å². The highest BCUT2D eigenvalue weighted by atomic mass is 16.6. The maximum absolute atomic E-state index is 12.3. The molecule has 0 radical (unpaired) electrons. The number of amides is 1. The molecule has 0 spiro atoms. The van der Waals surface area contributed by atoms with E-state index in [0.29, 0.717) is 22.8 Å². The number of hydrogen-bond donors (Lipinski definition) is 2. The molecular formula is C24H22N2O5. The van der Waals surface area contributed by atoms with Crippen LogP contribution in [0.4, 0.5) is 5.69 Å². The van der Waals surface area contributed by atoms with E-state index in [0.717, 1.165) is 5.69 Å². The molecule has 3 aromatic rings. The SMILES string of the molecule is CCC(=O)Oc1c(OCC2NC(=O)c3ccccc3N2)cccc1Oc1ccccc1. The number of ether oxygens (including phenoxy) is 3. The second-order valence-electron chi connectivity index (χ2n) is 6.85. The van der Waals surface area contributed by atoms with E-state index < -0.39 is 12.1 Å². The second-order valence-corrected chi connectivity index (χ2v) is 6.85. The molecule has 1 atom stereocenters. The summed E-state index contributed by atoms with van der Waals surface area (Å²) in [6.45, 7) is 1.83. The van der Waals surface area contributed by atoms with Gasteiger partial charge in [-0.15, -0.1) is 0 Å². The Morgan fingerprint density at radius 3 is 2.45 bits per heavy atom. The third-order valence-electron chi connectivity index (χ3n) is 4.63. The van der Waals surface area contributed by atoms with Crippen LogP contribution >= 0.6 is 0 Å². The van der Waals surface area contributed by atoms with Crippen LogP contribution in [0.3, 0.4) is 0 Å². The fourth-order valence-corrected chi connectivity index (χ4v) is 3.12. The zero-order chi connectivity index (χ0) is 21.6. The number of nitrogens with one attached hydrogen (secondary N) is 2. The van der Waals surface area contributed by atoms with Gasteiger partial charge in [-0.25, -0.2) is 0 Å². The number of rotatable bonds is 7. The van der Waals surface area contributed by atoms with Crippen LogP contribution < -0.4 is 24.8 Å². The molecule has 1 heterocycles. The van der Waals surface area contributed by atoms with Crippen LogP contribution in [0.25, 0.3) is 0 Å². The first-order chi connectivity index (χ1) is 15.1. The molecule has 0 saturated heterocycles. The van der Waals surface area contributed by atoms with Crippen molar-refractivity contribution >= 4 is 17.6 Å². The standard InChI is InChI=1S/C24H22N2O5/c1-2-22(27)31-23-19(13-8-14-20(23)30-16-9-4-3-5-10-16)29-15-21-25-18-12-7-6-11-17(18)24(28)26-21/h3-14,21,25H,2,15H2,1H3,(H,26,28). The molecule has 0 aliphatic carbocycles. The van der Waals surface area contributed by atoms with E-state index in [1.165, 1.54) is 0 Å². The van der Waals surface area contributed by atoms with Gasteiger partial charge < -0.3 is 24.8 Å². The quantitative estimate of drug-likeness (QED) is 0.438. The molecule has 7 nitrogen and oxygen atoms in total. The Morgan fingerprint density at radius 2 is 1.65 bits per heavy atom. The van der Waals surface area contributed by atoms with E-state index in [1.807, 2.05) is 36.4 Å². The second kappa shape index (κ2) is 9.21. The molecule has 1 aliphatic rings. The van der Waals surface area contributed by atoms with Gasteiger partial charge in [0.05, 0.1) is 5.56 Å². The fraction of sp³-hybridized carbons (Fsp3) is 0.167. The Morgan fingerprint density at radius 1 is 0.903 bits per heavy atom. The van der Waals surface area contributed by atoms with Crippen molar-refractivity contribution in [1.29, 1.82) is 0 Å². The Hall–Kier alpha value is -4.00. The molecule has 0 bridgehead atoms. The minimum Gasteiger partial charge on any atom is -0.485 e. The first-order valence-electron chi connectivity index (χ1n) is 10.00. The van der Waals surface area contributed by atoms with Crippen molar-refractivity contribution in [2.75, 3.05) is 11.9 Å². The summed E-state index contributed by atoms with van der Waals surface area (Å²) in [5, 5.41) is 6.08. The lowest BCUT2D eigenvalue weighted by atomic mass is 10.1. The van der Waals surface area contributed by atoms with E-state index in [9.17, 15) is 9.59 Å². The lowest BCUT2D eigenvalue weighted by Crippen LogP contribution is -2.48. The van der Waals surface area contributed by atoms with Crippen molar-refractivity contribution in [2.24, 2.45) is 0 Å². The molecule has 0 saturated carbocycles. The average molecular weight is 418 g/mol. The molecule has 0 aromatic heterocycles. The molecular weight excluding hydrogens is 396 g/mol. The molecule has 3 aromatic carbocycles. The van der Waals surface area contributed by atoms with Gasteiger partial charge in [0.15, 0.2) is 11.5 Å². The van der Waals surface area contributed by atoms with Crippen LogP contribution in [0.2, 0.25) is 0 Å². The van der Waals surface area contributed by atoms with Crippen molar-refractivity contribution in [1.82, 2.24) is 5.32 Å². The lowest BCUT2D eigenvalue weighted by Gasteiger charge is -2.28. The summed E-state index contributed by atoms with van der Waals surface area (Å²) >= 11 is 0. The first-order valence-corrected chi connectivity index (χ1v) is 10.00. The van der Waals surface area contributed by atoms with Gasteiger partial charge in [-0.05, 0) is 36.4 Å². The molecule has 0 fully saturated rings. The summed E-state index contributed by atoms with van der Waals surface area (Å²) < 4.78 is 17.4. The molecule has 158 valence electrons. The van der Waals surface area contributed by atoms with E-state index in [-0.39, 0.29) is 24.7 Å². The van der Waals surface area contributed by atoms with Crippen molar-refractivity contribution in [3.05, 3.63) is 78.4 Å². The van der Waals surface area contributed by atoms with Crippen molar-refractivity contribution in [2.45, 2.75) is 19.5 Å². The molecule has 1 amide bonds. The number of carbonyl (C=O) groups excluding carboxylic acids is 2. The van der Waals surface area contributed by atoms with Crippen LogP contribution in [0, 0.1) is 0 Å². The molecule has 1 aliphatic heterocycles. The average Bonchev–Trinajstić information content (AvgIpc) is 2.80. The summed E-state index contributed by atoms with van der Waals surface area (Å²) in [4.78, 5) is 24.3. The molecule has 7 heteroatoms. The molecule has 4 rings (SSSR count). The summed E-state index contributed by atoms with van der Waals surface area (Å²) in [6, 6.07) is 21.6. The van der Waals surface area contributed by atoms with Crippen molar-refractivity contribution in [3.63, 3.8) is 0 Å². The molecule has 1 unspecified atom stereocenters. The van der Waals surface area contributed by atoms with E-state index in [4.69, 9.17) is 14.2 Å². The van der Waals surface area contributed by atoms with Crippen molar-refractivity contribution < 1.29 is 23.8 Å². The lowest BCUT2D eigenvalue weighted by molar-refractivity contribution is -0.134. The fourth-order valence-electron chi connectivity index (χ4n) is 3.12. The van der Waals surface area contributed by atoms with Crippen LogP contribution in [0.15, 0.2) is 72.8 Å². The largest absolute Gasteiger partial charge is 0.485 e. The Balaban J connectivity index is 1.54. The number of anilines is 1. The van der Waals surface area contributed by atoms with E-state index in [1.54, 1.807) is 43.3 Å². The highest BCUT2D eigenvalue weighted by Crippen LogP contribution is 2.40. The predicted molar refractivity (Wildman–Crippen MR) is 116 cm³/mol. The van der Waals surface area contributed by atoms with Crippen LogP contribution in [0.5, 0.6) is 23.0 Å². The van der Waals surface area contributed by atoms with Gasteiger partial charge in [0.25, 0.3) is 5.91 Å². The summed E-state index contributed by atoms with van der Waals surface area (Å²) in [5.74, 6) is 0.905. The highest BCUT2D eigenvalue weighted by Gasteiger charge is 2.24. The number of benzene rings is 3. The zero-order valence-electron chi connectivity index (χ0n) is 17.0. The number of fused-ring (bicyclic) bond motifs is 1. The number of hydrogen-bond acceptors (Lipinski definition) is 6. The minimum absolute atomic E-state index is 0.117. The van der Waals surface area contributed by atoms with Gasteiger partial charge in [-0.1, -0.05) is 43.3 Å². The summed E-state index contributed by atoms with van der Waals surface area (Å²) in [6.07, 6.45) is -0.244. The Bertz CT molecular complexity index is 1080. The molecule has 2 N–H and O–H groups in total. The van der Waals surface area contributed by atoms with Gasteiger partial charge in [0.2, 0.25) is 5.75 Å². The minimum atomic E-state index is -0.448. The summed E-state index contributed by atoms with van der Waals surface area (Å²) in [5.41, 5.74) is 1.31. The van der Waals surface area contributed by atoms with E-state index in [2.05, 4.69) is 10.6 Å². The zero-order valence-corrected chi connectivity index (χ0v) is 17.0. The Kier molecular flexibility index (Phi) is 6.03. The highest BCUT2D eigenvalue weighted by molar-refractivity contribution is 6.01. The monoisotopic (exact) mass is 418 g/mol. The topological polar surface area (TPSA) is 85.9 Å². The number of para-hydroxylation sites is 3. The number of carbonyl (C=O) groups is 2. The van der Waals surface area contributed by atoms with Gasteiger partial charge in [-0.2, -0.15) is 0 Å². The maximum atomic E-state index is 12.3. The molecule has 31 heavy (non-hydrogen) atoms. The van der Waals surface area contributed by atoms with Crippen LogP contribution in [0.1, 0.15) is 23.7 Å². The smallest absolute Gasteiger partial charge is 0.311 e. The van der Waals surface area contributed by atoms with E-state index >= 15 is 0 Å². The summed E-state index contributed by atoms with van der Waals surface area (Å²) in [7, 11) is 0. The maximum Gasteiger partial charge on any atom is 0.311 e. The third-order valence-corrected chi connectivity index (χ3v) is 4.63.